The fourth-order valence-electron chi connectivity index (χ4n) is 5.10. The first-order valence-corrected chi connectivity index (χ1v) is 6.75. The molecule has 3 saturated carbocycles. The zero-order valence-electron chi connectivity index (χ0n) is 9.89. The van der Waals surface area contributed by atoms with Crippen LogP contribution in [0.2, 0.25) is 0 Å². The van der Waals surface area contributed by atoms with Gasteiger partial charge in [0.2, 0.25) is 0 Å². The van der Waals surface area contributed by atoms with Gasteiger partial charge in [0, 0.05) is 6.04 Å². The minimum absolute atomic E-state index is 0.00200. The van der Waals surface area contributed by atoms with Gasteiger partial charge in [-0.3, -0.25) is 0 Å². The van der Waals surface area contributed by atoms with Crippen molar-refractivity contribution in [1.29, 1.82) is 0 Å². The molecule has 0 aromatic carbocycles. The number of fused-ring (bicyclic) bond motifs is 4. The van der Waals surface area contributed by atoms with E-state index in [1.54, 1.807) is 0 Å². The fourth-order valence-corrected chi connectivity index (χ4v) is 5.10. The Balaban J connectivity index is 1.62. The Morgan fingerprint density at radius 1 is 1.12 bits per heavy atom. The average Bonchev–Trinajstić information content (AvgIpc) is 2.89. The van der Waals surface area contributed by atoms with Crippen molar-refractivity contribution >= 4 is 0 Å². The second-order valence-corrected chi connectivity index (χ2v) is 6.35. The summed E-state index contributed by atoms with van der Waals surface area (Å²) in [4.78, 5) is 0. The molecule has 3 aliphatic carbocycles. The van der Waals surface area contributed by atoms with Crippen LogP contribution in [-0.2, 0) is 9.47 Å². The quantitative estimate of drug-likeness (QED) is 0.679. The molecular weight excluding hydrogens is 202 g/mol. The highest BCUT2D eigenvalue weighted by Gasteiger charge is 2.63. The number of rotatable bonds is 0. The largest absolute Gasteiger partial charge is 0.347 e. The van der Waals surface area contributed by atoms with Crippen LogP contribution >= 0.6 is 0 Å². The molecule has 0 aromatic rings. The van der Waals surface area contributed by atoms with Crippen LogP contribution < -0.4 is 5.73 Å². The molecule has 4 rings (SSSR count). The van der Waals surface area contributed by atoms with Crippen LogP contribution in [0.5, 0.6) is 0 Å². The van der Waals surface area contributed by atoms with Crippen LogP contribution in [-0.4, -0.2) is 24.5 Å². The van der Waals surface area contributed by atoms with Crippen LogP contribution in [0.4, 0.5) is 0 Å². The van der Waals surface area contributed by atoms with E-state index < -0.39 is 0 Å². The van der Waals surface area contributed by atoms with Gasteiger partial charge in [0.1, 0.15) is 0 Å². The van der Waals surface area contributed by atoms with E-state index >= 15 is 0 Å². The predicted octanol–water partition coefficient (Wildman–Crippen LogP) is 1.65. The normalized spacial score (nSPS) is 63.4. The van der Waals surface area contributed by atoms with E-state index in [9.17, 15) is 0 Å². The molecule has 1 aliphatic heterocycles. The summed E-state index contributed by atoms with van der Waals surface area (Å²) < 4.78 is 11.7. The van der Waals surface area contributed by atoms with Crippen molar-refractivity contribution in [1.82, 2.24) is 0 Å². The van der Waals surface area contributed by atoms with Crippen LogP contribution in [0.15, 0.2) is 0 Å². The lowest BCUT2D eigenvalue weighted by molar-refractivity contribution is -0.0774. The molecule has 3 heteroatoms. The Kier molecular flexibility index (Phi) is 1.85. The predicted molar refractivity (Wildman–Crippen MR) is 59.7 cm³/mol. The zero-order chi connectivity index (χ0) is 10.9. The topological polar surface area (TPSA) is 44.5 Å². The molecule has 4 unspecified atom stereocenters. The Bertz CT molecular complexity index is 301. The number of hydrogen-bond acceptors (Lipinski definition) is 3. The summed E-state index contributed by atoms with van der Waals surface area (Å²) in [6.07, 6.45) is 7.11. The molecule has 0 radical (unpaired) electrons. The third-order valence-corrected chi connectivity index (χ3v) is 5.77. The molecule has 0 amide bonds. The van der Waals surface area contributed by atoms with Crippen LogP contribution in [0.25, 0.3) is 0 Å². The number of ether oxygens (including phenoxy) is 2. The van der Waals surface area contributed by atoms with Gasteiger partial charge in [-0.05, 0) is 56.3 Å². The number of hydrogen-bond donors (Lipinski definition) is 1. The van der Waals surface area contributed by atoms with E-state index in [0.717, 1.165) is 24.7 Å². The van der Waals surface area contributed by atoms with Crippen LogP contribution in [0.3, 0.4) is 0 Å². The van der Waals surface area contributed by atoms with Gasteiger partial charge in [-0.25, -0.2) is 0 Å². The maximum absolute atomic E-state index is 6.49. The maximum Gasteiger partial charge on any atom is 0.155 e. The van der Waals surface area contributed by atoms with Gasteiger partial charge in [0.05, 0.1) is 12.2 Å². The lowest BCUT2D eigenvalue weighted by Gasteiger charge is -2.39. The minimum atomic E-state index is 0.00200. The van der Waals surface area contributed by atoms with Crippen molar-refractivity contribution in [3.05, 3.63) is 0 Å². The Morgan fingerprint density at radius 2 is 1.81 bits per heavy atom. The van der Waals surface area contributed by atoms with Gasteiger partial charge in [-0.1, -0.05) is 0 Å². The van der Waals surface area contributed by atoms with E-state index in [2.05, 4.69) is 0 Å². The second-order valence-electron chi connectivity index (χ2n) is 6.35. The highest BCUT2D eigenvalue weighted by molar-refractivity contribution is 5.14. The van der Waals surface area contributed by atoms with Crippen molar-refractivity contribution in [2.24, 2.45) is 23.0 Å². The first-order valence-electron chi connectivity index (χ1n) is 6.75. The molecule has 0 aromatic heterocycles. The summed E-state index contributed by atoms with van der Waals surface area (Å²) in [6, 6.07) is 0.416. The second kappa shape index (κ2) is 3.01. The van der Waals surface area contributed by atoms with Gasteiger partial charge < -0.3 is 15.2 Å². The van der Waals surface area contributed by atoms with Crippen molar-refractivity contribution in [2.75, 3.05) is 0 Å². The van der Waals surface area contributed by atoms with Crippen molar-refractivity contribution in [3.63, 3.8) is 0 Å². The van der Waals surface area contributed by atoms with Gasteiger partial charge in [-0.2, -0.15) is 0 Å². The van der Waals surface area contributed by atoms with Crippen molar-refractivity contribution in [3.8, 4) is 0 Å². The minimum Gasteiger partial charge on any atom is -0.347 e. The van der Waals surface area contributed by atoms with Gasteiger partial charge in [0.25, 0.3) is 0 Å². The molecule has 1 spiro atoms. The van der Waals surface area contributed by atoms with E-state index in [1.807, 2.05) is 6.92 Å². The summed E-state index contributed by atoms with van der Waals surface area (Å²) in [5.74, 6) is 1.65. The fraction of sp³-hybridized carbons (Fsp3) is 1.00. The Morgan fingerprint density at radius 3 is 2.38 bits per heavy atom. The summed E-state index contributed by atoms with van der Waals surface area (Å²) >= 11 is 0. The van der Waals surface area contributed by atoms with E-state index in [4.69, 9.17) is 15.2 Å². The average molecular weight is 223 g/mol. The van der Waals surface area contributed by atoms with Crippen LogP contribution in [0.1, 0.15) is 39.0 Å². The lowest BCUT2D eigenvalue weighted by Crippen LogP contribution is -2.45. The highest BCUT2D eigenvalue weighted by atomic mass is 16.7. The zero-order valence-corrected chi connectivity index (χ0v) is 9.89. The van der Waals surface area contributed by atoms with Crippen molar-refractivity contribution < 1.29 is 9.47 Å². The van der Waals surface area contributed by atoms with Gasteiger partial charge in [-0.15, -0.1) is 0 Å². The van der Waals surface area contributed by atoms with E-state index in [1.165, 1.54) is 19.3 Å². The highest BCUT2D eigenvalue weighted by Crippen LogP contribution is 2.63. The Labute approximate surface area is 96.7 Å². The van der Waals surface area contributed by atoms with E-state index in [0.29, 0.717) is 23.7 Å². The first kappa shape index (κ1) is 9.86. The van der Waals surface area contributed by atoms with E-state index in [-0.39, 0.29) is 6.29 Å². The molecule has 1 saturated heterocycles. The monoisotopic (exact) mass is 223 g/mol. The van der Waals surface area contributed by atoms with Gasteiger partial charge >= 0.3 is 0 Å². The third kappa shape index (κ3) is 1.05. The lowest BCUT2D eigenvalue weighted by atomic mass is 9.68. The molecule has 1 heterocycles. The third-order valence-electron chi connectivity index (χ3n) is 5.77. The summed E-state index contributed by atoms with van der Waals surface area (Å²) in [7, 11) is 0. The standard InChI is InChI=1S/C13H21NO2/c1-7-15-10-5-13(6-11(10)16-7)9-3-2-8(4-9)12(13)14/h7-12H,2-6,14H2,1H3/t7?,8?,9-,10+,11?,12+,13?/m0/s1. The maximum atomic E-state index is 6.49. The molecule has 2 N–H and O–H groups in total. The summed E-state index contributed by atoms with van der Waals surface area (Å²) in [5, 5.41) is 0. The Hall–Kier alpha value is -0.120. The molecular formula is C13H21NO2. The summed E-state index contributed by atoms with van der Waals surface area (Å²) in [6.45, 7) is 2.01. The van der Waals surface area contributed by atoms with Crippen molar-refractivity contribution in [2.45, 2.75) is 63.6 Å². The molecule has 4 aliphatic rings. The summed E-state index contributed by atoms with van der Waals surface area (Å²) in [5.41, 5.74) is 6.86. The molecule has 4 fully saturated rings. The van der Waals surface area contributed by atoms with Crippen LogP contribution in [0, 0.1) is 17.3 Å². The SMILES string of the molecule is CC1OC2CC3(C[C@H]2O1)[C@H]1CCC(C1)[C@H]3N. The molecule has 16 heavy (non-hydrogen) atoms. The smallest absolute Gasteiger partial charge is 0.155 e. The molecule has 3 nitrogen and oxygen atoms in total. The van der Waals surface area contributed by atoms with Gasteiger partial charge in [0.15, 0.2) is 6.29 Å². The molecule has 90 valence electrons. The number of nitrogens with two attached hydrogens (primary N) is 1. The molecule has 7 atom stereocenters. The first-order chi connectivity index (χ1) is 7.69. The molecule has 2 bridgehead atoms.